The van der Waals surface area contributed by atoms with Gasteiger partial charge < -0.3 is 10.2 Å². The summed E-state index contributed by atoms with van der Waals surface area (Å²) in [6.45, 7) is 8.03. The van der Waals surface area contributed by atoms with Crippen LogP contribution in [0.4, 0.5) is 0 Å². The fourth-order valence-electron chi connectivity index (χ4n) is 3.33. The quantitative estimate of drug-likeness (QED) is 0.843. The third kappa shape index (κ3) is 4.21. The summed E-state index contributed by atoms with van der Waals surface area (Å²) in [6, 6.07) is 8.25. The summed E-state index contributed by atoms with van der Waals surface area (Å²) in [5, 5.41) is 4.00. The highest BCUT2D eigenvalue weighted by molar-refractivity contribution is 8.00. The van der Waals surface area contributed by atoms with E-state index >= 15 is 0 Å². The predicted molar refractivity (Wildman–Crippen MR) is 96.2 cm³/mol. The molecule has 1 aromatic rings. The summed E-state index contributed by atoms with van der Waals surface area (Å²) in [7, 11) is 0. The molecule has 0 spiro atoms. The maximum atomic E-state index is 12.7. The molecule has 3 rings (SSSR count). The number of nitrogens with zero attached hydrogens (tertiary/aromatic N) is 2. The Morgan fingerprint density at radius 1 is 1.30 bits per heavy atom. The second-order valence-corrected chi connectivity index (χ2v) is 7.99. The lowest BCUT2D eigenvalue weighted by Crippen LogP contribution is -2.49. The fourth-order valence-corrected chi connectivity index (χ4v) is 4.56. The van der Waals surface area contributed by atoms with Crippen molar-refractivity contribution in [3.8, 4) is 0 Å². The van der Waals surface area contributed by atoms with E-state index in [9.17, 15) is 4.79 Å². The molecule has 2 aliphatic rings. The number of rotatable bonds is 4. The number of carbonyl (C=O) groups is 1. The molecule has 0 saturated carbocycles. The lowest BCUT2D eigenvalue weighted by molar-refractivity contribution is -0.129. The zero-order valence-corrected chi connectivity index (χ0v) is 15.1. The first-order chi connectivity index (χ1) is 11.1. The van der Waals surface area contributed by atoms with E-state index in [1.54, 1.807) is 11.8 Å². The highest BCUT2D eigenvalue weighted by atomic mass is 35.5. The SMILES string of the molecule is CC(Sc1ccccc1Cl)C(=O)N1CCC(N2CCNCC2)C1. The highest BCUT2D eigenvalue weighted by Crippen LogP contribution is 2.31. The molecule has 0 radical (unpaired) electrons. The lowest BCUT2D eigenvalue weighted by Gasteiger charge is -2.32. The van der Waals surface area contributed by atoms with Crippen LogP contribution in [0.2, 0.25) is 5.02 Å². The minimum atomic E-state index is -0.100. The van der Waals surface area contributed by atoms with Crippen LogP contribution in [0.15, 0.2) is 29.2 Å². The number of carbonyl (C=O) groups excluding carboxylic acids is 1. The van der Waals surface area contributed by atoms with E-state index in [1.807, 2.05) is 36.1 Å². The maximum absolute atomic E-state index is 12.7. The number of nitrogens with one attached hydrogen (secondary N) is 1. The molecule has 1 N–H and O–H groups in total. The molecule has 0 bridgehead atoms. The number of amides is 1. The van der Waals surface area contributed by atoms with Gasteiger partial charge >= 0.3 is 0 Å². The number of halogens is 1. The Kier molecular flexibility index (Phi) is 5.85. The van der Waals surface area contributed by atoms with Gasteiger partial charge in [0, 0.05) is 50.2 Å². The molecule has 4 nitrogen and oxygen atoms in total. The summed E-state index contributed by atoms with van der Waals surface area (Å²) >= 11 is 7.75. The van der Waals surface area contributed by atoms with Crippen molar-refractivity contribution in [2.45, 2.75) is 29.5 Å². The molecule has 1 amide bonds. The number of benzene rings is 1. The largest absolute Gasteiger partial charge is 0.340 e. The average Bonchev–Trinajstić information content (AvgIpc) is 3.07. The second-order valence-electron chi connectivity index (χ2n) is 6.20. The van der Waals surface area contributed by atoms with Gasteiger partial charge in [0.2, 0.25) is 5.91 Å². The average molecular weight is 354 g/mol. The Morgan fingerprint density at radius 2 is 2.04 bits per heavy atom. The van der Waals surface area contributed by atoms with Crippen LogP contribution in [0.3, 0.4) is 0 Å². The van der Waals surface area contributed by atoms with Gasteiger partial charge in [0.1, 0.15) is 0 Å². The van der Waals surface area contributed by atoms with E-state index in [4.69, 9.17) is 11.6 Å². The predicted octanol–water partition coefficient (Wildman–Crippen LogP) is 2.33. The Bertz CT molecular complexity index is 550. The first kappa shape index (κ1) is 17.1. The van der Waals surface area contributed by atoms with Crippen LogP contribution in [0.1, 0.15) is 13.3 Å². The van der Waals surface area contributed by atoms with Crippen LogP contribution in [0.25, 0.3) is 0 Å². The van der Waals surface area contributed by atoms with Crippen LogP contribution >= 0.6 is 23.4 Å². The molecule has 0 aliphatic carbocycles. The van der Waals surface area contributed by atoms with Gasteiger partial charge in [-0.3, -0.25) is 9.69 Å². The van der Waals surface area contributed by atoms with Crippen molar-refractivity contribution in [3.63, 3.8) is 0 Å². The molecule has 2 atom stereocenters. The third-order valence-electron chi connectivity index (χ3n) is 4.63. The molecule has 6 heteroatoms. The van der Waals surface area contributed by atoms with E-state index < -0.39 is 0 Å². The Morgan fingerprint density at radius 3 is 2.78 bits per heavy atom. The van der Waals surface area contributed by atoms with Gasteiger partial charge in [0.15, 0.2) is 0 Å². The Hall–Kier alpha value is -0.750. The van der Waals surface area contributed by atoms with Crippen LogP contribution in [0.5, 0.6) is 0 Å². The molecule has 0 aromatic heterocycles. The molecule has 126 valence electrons. The number of likely N-dealkylation sites (tertiary alicyclic amines) is 1. The van der Waals surface area contributed by atoms with Crippen LogP contribution in [0, 0.1) is 0 Å². The molecule has 2 unspecified atom stereocenters. The molecule has 1 aromatic carbocycles. The molecular weight excluding hydrogens is 330 g/mol. The molecule has 2 fully saturated rings. The molecular formula is C17H24ClN3OS. The van der Waals surface area contributed by atoms with Crippen molar-refractivity contribution in [2.75, 3.05) is 39.3 Å². The van der Waals surface area contributed by atoms with Gasteiger partial charge in [-0.25, -0.2) is 0 Å². The number of hydrogen-bond donors (Lipinski definition) is 1. The van der Waals surface area contributed by atoms with Gasteiger partial charge in [-0.05, 0) is 25.5 Å². The van der Waals surface area contributed by atoms with Crippen LogP contribution in [-0.4, -0.2) is 66.3 Å². The Balaban J connectivity index is 1.55. The molecule has 2 aliphatic heterocycles. The molecule has 23 heavy (non-hydrogen) atoms. The van der Waals surface area contributed by atoms with E-state index in [0.29, 0.717) is 6.04 Å². The summed E-state index contributed by atoms with van der Waals surface area (Å²) in [5.41, 5.74) is 0. The first-order valence-corrected chi connectivity index (χ1v) is 9.55. The smallest absolute Gasteiger partial charge is 0.235 e. The fraction of sp³-hybridized carbons (Fsp3) is 0.588. The van der Waals surface area contributed by atoms with Gasteiger partial charge in [-0.15, -0.1) is 11.8 Å². The topological polar surface area (TPSA) is 35.6 Å². The summed E-state index contributed by atoms with van der Waals surface area (Å²) in [5.74, 6) is 0.229. The van der Waals surface area contributed by atoms with E-state index in [1.165, 1.54) is 0 Å². The lowest BCUT2D eigenvalue weighted by atomic mass is 10.2. The maximum Gasteiger partial charge on any atom is 0.235 e. The second kappa shape index (κ2) is 7.88. The number of hydrogen-bond acceptors (Lipinski definition) is 4. The zero-order valence-electron chi connectivity index (χ0n) is 13.5. The monoisotopic (exact) mass is 353 g/mol. The minimum absolute atomic E-state index is 0.100. The van der Waals surface area contributed by atoms with Gasteiger partial charge in [0.25, 0.3) is 0 Å². The van der Waals surface area contributed by atoms with Crippen LogP contribution in [-0.2, 0) is 4.79 Å². The van der Waals surface area contributed by atoms with Crippen molar-refractivity contribution < 1.29 is 4.79 Å². The molecule has 2 heterocycles. The molecule has 2 saturated heterocycles. The third-order valence-corrected chi connectivity index (χ3v) is 6.24. The van der Waals surface area contributed by atoms with Gasteiger partial charge in [0.05, 0.1) is 10.3 Å². The minimum Gasteiger partial charge on any atom is -0.340 e. The highest BCUT2D eigenvalue weighted by Gasteiger charge is 2.32. The van der Waals surface area contributed by atoms with Crippen molar-refractivity contribution in [1.29, 1.82) is 0 Å². The Labute approximate surface area is 147 Å². The van der Waals surface area contributed by atoms with E-state index in [0.717, 1.165) is 55.6 Å². The van der Waals surface area contributed by atoms with Crippen molar-refractivity contribution in [2.24, 2.45) is 0 Å². The van der Waals surface area contributed by atoms with Crippen molar-refractivity contribution in [1.82, 2.24) is 15.1 Å². The first-order valence-electron chi connectivity index (χ1n) is 8.30. The summed E-state index contributed by atoms with van der Waals surface area (Å²) in [4.78, 5) is 18.3. The van der Waals surface area contributed by atoms with Gasteiger partial charge in [-0.2, -0.15) is 0 Å². The van der Waals surface area contributed by atoms with Crippen molar-refractivity contribution in [3.05, 3.63) is 29.3 Å². The standard InChI is InChI=1S/C17H24ClN3OS/c1-13(23-16-5-3-2-4-15(16)18)17(22)21-9-6-14(12-21)20-10-7-19-8-11-20/h2-5,13-14,19H,6-12H2,1H3. The van der Waals surface area contributed by atoms with Gasteiger partial charge in [-0.1, -0.05) is 23.7 Å². The van der Waals surface area contributed by atoms with E-state index in [2.05, 4.69) is 10.2 Å². The normalized spacial score (nSPS) is 23.9. The number of thioether (sulfide) groups is 1. The summed E-state index contributed by atoms with van der Waals surface area (Å²) < 4.78 is 0. The van der Waals surface area contributed by atoms with Crippen molar-refractivity contribution >= 4 is 29.3 Å². The van der Waals surface area contributed by atoms with E-state index in [-0.39, 0.29) is 11.2 Å². The zero-order chi connectivity index (χ0) is 16.2. The van der Waals surface area contributed by atoms with Crippen LogP contribution < -0.4 is 5.32 Å². The summed E-state index contributed by atoms with van der Waals surface area (Å²) in [6.07, 6.45) is 1.09. The number of piperazine rings is 1.